The smallest absolute Gasteiger partial charge is 0.430 e. The van der Waals surface area contributed by atoms with Gasteiger partial charge in [0.1, 0.15) is 6.10 Å². The van der Waals surface area contributed by atoms with Crippen molar-refractivity contribution in [2.75, 3.05) is 23.0 Å². The van der Waals surface area contributed by atoms with Crippen LogP contribution in [0.15, 0.2) is 79.0 Å². The van der Waals surface area contributed by atoms with Crippen LogP contribution in [0.2, 0.25) is 0 Å². The van der Waals surface area contributed by atoms with Crippen molar-refractivity contribution < 1.29 is 19.1 Å². The average molecular weight is 464 g/mol. The maximum absolute atomic E-state index is 13.0. The topological polar surface area (TPSA) is 68.4 Å². The number of aromatic nitrogens is 1. The Bertz CT molecular complexity index is 1040. The summed E-state index contributed by atoms with van der Waals surface area (Å²) < 4.78 is 11.8. The number of H-pyrrole nitrogens is 1. The quantitative estimate of drug-likeness (QED) is 0.358. The lowest BCUT2D eigenvalue weighted by molar-refractivity contribution is -0.00759. The van der Waals surface area contributed by atoms with Crippen molar-refractivity contribution in [1.82, 2.24) is 4.98 Å². The van der Waals surface area contributed by atoms with E-state index in [0.717, 1.165) is 41.2 Å². The molecule has 2 aromatic carbocycles. The molecule has 0 aliphatic carbocycles. The van der Waals surface area contributed by atoms with E-state index in [0.29, 0.717) is 17.4 Å². The van der Waals surface area contributed by atoms with Crippen molar-refractivity contribution in [3.8, 4) is 0 Å². The summed E-state index contributed by atoms with van der Waals surface area (Å²) in [7, 11) is -1.12. The zero-order chi connectivity index (χ0) is 22.7. The second-order valence-corrected chi connectivity index (χ2v) is 12.9. The number of hydrogen-bond donors (Lipinski definition) is 1. The average Bonchev–Trinajstić information content (AvgIpc) is 3.40. The van der Waals surface area contributed by atoms with Crippen molar-refractivity contribution in [2.24, 2.45) is 5.92 Å². The maximum Gasteiger partial charge on any atom is 0.509 e. The number of hydrogen-bond acceptors (Lipinski definition) is 4. The highest BCUT2D eigenvalue weighted by molar-refractivity contribution is 8.34. The lowest BCUT2D eigenvalue weighted by Crippen LogP contribution is -2.46. The van der Waals surface area contributed by atoms with Crippen LogP contribution in [-0.2, 0) is 9.47 Å². The molecule has 3 aliphatic heterocycles. The zero-order valence-corrected chi connectivity index (χ0v) is 19.3. The van der Waals surface area contributed by atoms with E-state index in [1.165, 1.54) is 0 Å². The predicted molar refractivity (Wildman–Crippen MR) is 131 cm³/mol. The normalized spacial score (nSPS) is 25.8. The standard InChI is InChI=1S/C27H29NO4S/c29-24(23-12-7-15-28-23)18-33-16-13-20(14-17-33)25(19-33)31-27(30)32-26(21-8-3-1-4-9-21)22-10-5-2-6-11-22/h1-12,15,20,25-26,28H,13-14,16-19H2/t25-/m0/s1. The highest BCUT2D eigenvalue weighted by Crippen LogP contribution is 2.60. The number of nitrogens with one attached hydrogen (secondary N) is 1. The fraction of sp³-hybridized carbons (Fsp3) is 0.333. The molecular formula is C27H29NO4S. The van der Waals surface area contributed by atoms with E-state index in [1.807, 2.05) is 72.8 Å². The summed E-state index contributed by atoms with van der Waals surface area (Å²) in [6.07, 6.45) is 2.51. The second kappa shape index (κ2) is 9.48. The second-order valence-electron chi connectivity index (χ2n) is 9.01. The number of Topliss-reactive ketones (excluding diaryl/α,β-unsaturated/α-hetero) is 1. The van der Waals surface area contributed by atoms with Gasteiger partial charge in [0.25, 0.3) is 0 Å². The molecule has 3 saturated heterocycles. The first-order valence-corrected chi connectivity index (χ1v) is 13.8. The monoisotopic (exact) mass is 463 g/mol. The molecular weight excluding hydrogens is 434 g/mol. The molecule has 1 aromatic heterocycles. The number of benzene rings is 2. The Morgan fingerprint density at radius 3 is 2.12 bits per heavy atom. The number of aromatic amines is 1. The molecule has 3 aromatic rings. The maximum atomic E-state index is 13.0. The molecule has 3 fully saturated rings. The van der Waals surface area contributed by atoms with Gasteiger partial charge in [-0.2, -0.15) is 0 Å². The molecule has 6 rings (SSSR count). The van der Waals surface area contributed by atoms with E-state index < -0.39 is 22.3 Å². The minimum atomic E-state index is -1.12. The van der Waals surface area contributed by atoms with Gasteiger partial charge in [0.2, 0.25) is 0 Å². The van der Waals surface area contributed by atoms with Gasteiger partial charge >= 0.3 is 6.16 Å². The van der Waals surface area contributed by atoms with Crippen LogP contribution in [0.25, 0.3) is 0 Å². The molecule has 0 saturated carbocycles. The highest BCUT2D eigenvalue weighted by Gasteiger charge is 2.45. The Labute approximate surface area is 195 Å². The van der Waals surface area contributed by atoms with Gasteiger partial charge in [-0.1, -0.05) is 60.7 Å². The largest absolute Gasteiger partial charge is 0.509 e. The van der Waals surface area contributed by atoms with Crippen LogP contribution in [0.4, 0.5) is 4.79 Å². The van der Waals surface area contributed by atoms with Gasteiger partial charge in [-0.05, 0) is 53.5 Å². The zero-order valence-electron chi connectivity index (χ0n) is 18.5. The number of carbonyl (C=O) groups excluding carboxylic acids is 2. The first kappa shape index (κ1) is 21.8. The van der Waals surface area contributed by atoms with E-state index in [4.69, 9.17) is 9.47 Å². The van der Waals surface area contributed by atoms with Crippen LogP contribution in [0, 0.1) is 5.92 Å². The summed E-state index contributed by atoms with van der Waals surface area (Å²) >= 11 is 0. The van der Waals surface area contributed by atoms with E-state index in [1.54, 1.807) is 6.20 Å². The first-order chi connectivity index (χ1) is 16.1. The van der Waals surface area contributed by atoms with Gasteiger partial charge in [0, 0.05) is 17.7 Å². The van der Waals surface area contributed by atoms with Crippen molar-refractivity contribution in [1.29, 1.82) is 0 Å². The molecule has 3 aliphatic rings. The van der Waals surface area contributed by atoms with E-state index in [2.05, 4.69) is 4.98 Å². The van der Waals surface area contributed by atoms with E-state index >= 15 is 0 Å². The molecule has 0 amide bonds. The molecule has 5 nitrogen and oxygen atoms in total. The highest BCUT2D eigenvalue weighted by atomic mass is 32.3. The van der Waals surface area contributed by atoms with Crippen molar-refractivity contribution >= 4 is 22.0 Å². The molecule has 1 N–H and O–H groups in total. The van der Waals surface area contributed by atoms with Gasteiger partial charge in [-0.25, -0.2) is 14.8 Å². The molecule has 1 atom stereocenters. The van der Waals surface area contributed by atoms with Gasteiger partial charge in [0.05, 0.1) is 5.69 Å². The van der Waals surface area contributed by atoms with Crippen LogP contribution < -0.4 is 0 Å². The summed E-state index contributed by atoms with van der Waals surface area (Å²) in [5.74, 6) is 4.10. The molecule has 6 heteroatoms. The van der Waals surface area contributed by atoms with Crippen molar-refractivity contribution in [2.45, 2.75) is 25.0 Å². The molecule has 0 spiro atoms. The Morgan fingerprint density at radius 1 is 0.909 bits per heavy atom. The van der Waals surface area contributed by atoms with Gasteiger partial charge in [-0.15, -0.1) is 0 Å². The summed E-state index contributed by atoms with van der Waals surface area (Å²) in [6.45, 7) is 0. The van der Waals surface area contributed by atoms with Gasteiger partial charge in [0.15, 0.2) is 11.9 Å². The molecule has 0 unspecified atom stereocenters. The molecule has 0 radical (unpaired) electrons. The summed E-state index contributed by atoms with van der Waals surface area (Å²) in [6, 6.07) is 23.2. The Morgan fingerprint density at radius 2 is 1.55 bits per heavy atom. The van der Waals surface area contributed by atoms with E-state index in [-0.39, 0.29) is 11.9 Å². The van der Waals surface area contributed by atoms with Crippen LogP contribution in [0.3, 0.4) is 0 Å². The number of ketones is 1. The summed E-state index contributed by atoms with van der Waals surface area (Å²) in [5.41, 5.74) is 2.49. The minimum Gasteiger partial charge on any atom is -0.430 e. The first-order valence-electron chi connectivity index (χ1n) is 11.5. The number of fused-ring (bicyclic) bond motifs is 3. The van der Waals surface area contributed by atoms with E-state index in [9.17, 15) is 9.59 Å². The van der Waals surface area contributed by atoms with Crippen molar-refractivity contribution in [3.63, 3.8) is 0 Å². The number of ether oxygens (including phenoxy) is 2. The molecule has 172 valence electrons. The van der Waals surface area contributed by atoms with Crippen LogP contribution in [0.1, 0.15) is 40.6 Å². The predicted octanol–water partition coefficient (Wildman–Crippen LogP) is 5.74. The molecule has 4 heterocycles. The number of rotatable bonds is 7. The third-order valence-electron chi connectivity index (χ3n) is 6.89. The van der Waals surface area contributed by atoms with Crippen LogP contribution in [-0.4, -0.2) is 46.0 Å². The fourth-order valence-electron chi connectivity index (χ4n) is 5.10. The van der Waals surface area contributed by atoms with Crippen LogP contribution >= 0.6 is 10.0 Å². The Kier molecular flexibility index (Phi) is 6.27. The Balaban J connectivity index is 1.27. The molecule has 2 bridgehead atoms. The summed E-state index contributed by atoms with van der Waals surface area (Å²) in [4.78, 5) is 28.8. The van der Waals surface area contributed by atoms with Gasteiger partial charge in [-0.3, -0.25) is 4.79 Å². The van der Waals surface area contributed by atoms with Crippen molar-refractivity contribution in [3.05, 3.63) is 95.8 Å². The van der Waals surface area contributed by atoms with Crippen LogP contribution in [0.5, 0.6) is 0 Å². The third-order valence-corrected chi connectivity index (χ3v) is 11.0. The number of carbonyl (C=O) groups is 2. The third kappa shape index (κ3) is 4.86. The summed E-state index contributed by atoms with van der Waals surface area (Å²) in [5, 5.41) is 0. The fourth-order valence-corrected chi connectivity index (χ4v) is 9.40. The minimum absolute atomic E-state index is 0.168. The SMILES string of the molecule is O=C(OC(c1ccccc1)c1ccccc1)O[C@H]1CS2(CC(=O)c3ccc[nH]3)CCC1CC2. The molecule has 33 heavy (non-hydrogen) atoms. The Hall–Kier alpha value is -2.99. The van der Waals surface area contributed by atoms with Gasteiger partial charge < -0.3 is 14.5 Å². The lowest BCUT2D eigenvalue weighted by Gasteiger charge is -2.53. The lowest BCUT2D eigenvalue weighted by atomic mass is 9.96.